The zero-order valence-electron chi connectivity index (χ0n) is 14.6. The van der Waals surface area contributed by atoms with E-state index in [1.165, 1.54) is 11.0 Å². The van der Waals surface area contributed by atoms with E-state index in [4.69, 9.17) is 10.5 Å². The number of hydrogen-bond acceptors (Lipinski definition) is 4. The molecule has 0 radical (unpaired) electrons. The van der Waals surface area contributed by atoms with E-state index in [2.05, 4.69) is 4.74 Å². The fraction of sp³-hybridized carbons (Fsp3) is 0.588. The van der Waals surface area contributed by atoms with Crippen LogP contribution >= 0.6 is 0 Å². The Balaban J connectivity index is 2.90. The minimum Gasteiger partial charge on any atom is -0.490 e. The van der Waals surface area contributed by atoms with E-state index in [0.717, 1.165) is 12.0 Å². The Morgan fingerprint density at radius 2 is 2.00 bits per heavy atom. The van der Waals surface area contributed by atoms with Crippen LogP contribution in [-0.2, 0) is 11.3 Å². The van der Waals surface area contributed by atoms with Gasteiger partial charge in [-0.2, -0.15) is 8.78 Å². The number of hydrogen-bond donors (Lipinski definition) is 1. The third-order valence-electron chi connectivity index (χ3n) is 3.55. The highest BCUT2D eigenvalue weighted by atomic mass is 19.3. The molecule has 1 atom stereocenters. The van der Waals surface area contributed by atoms with Gasteiger partial charge < -0.3 is 20.1 Å². The van der Waals surface area contributed by atoms with Crippen LogP contribution in [0.5, 0.6) is 11.5 Å². The number of ether oxygens (including phenoxy) is 2. The number of carbonyl (C=O) groups is 1. The maximum atomic E-state index is 12.4. The molecule has 0 heterocycles. The van der Waals surface area contributed by atoms with Crippen LogP contribution in [0.3, 0.4) is 0 Å². The molecule has 0 bridgehead atoms. The first-order valence-electron chi connectivity index (χ1n) is 7.96. The Kier molecular flexibility index (Phi) is 7.41. The Labute approximate surface area is 141 Å². The van der Waals surface area contributed by atoms with Gasteiger partial charge in [0.1, 0.15) is 0 Å². The van der Waals surface area contributed by atoms with Crippen LogP contribution in [0.2, 0.25) is 0 Å². The molecular weight excluding hydrogens is 318 g/mol. The van der Waals surface area contributed by atoms with Crippen LogP contribution in [0.1, 0.15) is 39.2 Å². The van der Waals surface area contributed by atoms with Gasteiger partial charge in [-0.05, 0) is 38.0 Å². The Bertz CT molecular complexity index is 551. The van der Waals surface area contributed by atoms with E-state index < -0.39 is 12.2 Å². The summed E-state index contributed by atoms with van der Waals surface area (Å²) in [5, 5.41) is 0. The van der Waals surface area contributed by atoms with Crippen molar-refractivity contribution in [1.29, 1.82) is 0 Å². The molecule has 0 saturated carbocycles. The first-order chi connectivity index (χ1) is 11.2. The van der Waals surface area contributed by atoms with Crippen molar-refractivity contribution in [2.24, 2.45) is 5.73 Å². The summed E-state index contributed by atoms with van der Waals surface area (Å²) in [4.78, 5) is 14.0. The van der Waals surface area contributed by atoms with Gasteiger partial charge in [-0.1, -0.05) is 19.4 Å². The number of rotatable bonds is 9. The molecule has 0 aliphatic heterocycles. The fourth-order valence-electron chi connectivity index (χ4n) is 2.52. The fourth-order valence-corrected chi connectivity index (χ4v) is 2.52. The van der Waals surface area contributed by atoms with Gasteiger partial charge in [0, 0.05) is 13.6 Å². The zero-order valence-corrected chi connectivity index (χ0v) is 14.6. The Morgan fingerprint density at radius 3 is 2.54 bits per heavy atom. The summed E-state index contributed by atoms with van der Waals surface area (Å²) in [5.41, 5.74) is 5.88. The molecule has 2 N–H and O–H groups in total. The maximum absolute atomic E-state index is 12.4. The van der Waals surface area contributed by atoms with Crippen LogP contribution in [-0.4, -0.2) is 36.6 Å². The van der Waals surface area contributed by atoms with Gasteiger partial charge in [-0.25, -0.2) is 0 Å². The Hall–Kier alpha value is -1.89. The third kappa shape index (κ3) is 5.63. The zero-order chi connectivity index (χ0) is 18.3. The number of nitrogens with two attached hydrogens (primary N) is 1. The van der Waals surface area contributed by atoms with Crippen molar-refractivity contribution in [2.75, 3.05) is 13.7 Å². The predicted octanol–water partition coefficient (Wildman–Crippen LogP) is 3.16. The van der Waals surface area contributed by atoms with Gasteiger partial charge in [-0.15, -0.1) is 0 Å². The molecule has 0 saturated heterocycles. The standard InChI is InChI=1S/C17H26F2N2O3/c1-5-9-17(3,20)15(22)21(4)11-12-7-8-13(24-16(18)19)14(10-12)23-6-2/h7-8,10,16H,5-6,9,11,20H2,1-4H3. The van der Waals surface area contributed by atoms with Gasteiger partial charge in [0.2, 0.25) is 5.91 Å². The molecule has 1 unspecified atom stereocenters. The molecule has 24 heavy (non-hydrogen) atoms. The Morgan fingerprint density at radius 1 is 1.33 bits per heavy atom. The molecule has 1 rings (SSSR count). The number of alkyl halides is 2. The summed E-state index contributed by atoms with van der Waals surface area (Å²) < 4.78 is 34.6. The molecular formula is C17H26F2N2O3. The second-order valence-electron chi connectivity index (χ2n) is 5.92. The van der Waals surface area contributed by atoms with Crippen LogP contribution in [0.15, 0.2) is 18.2 Å². The first kappa shape index (κ1) is 20.2. The molecule has 7 heteroatoms. The monoisotopic (exact) mass is 344 g/mol. The lowest BCUT2D eigenvalue weighted by Crippen LogP contribution is -2.51. The summed E-state index contributed by atoms with van der Waals surface area (Å²) in [6, 6.07) is 4.63. The number of carbonyl (C=O) groups excluding carboxylic acids is 1. The molecule has 1 aromatic rings. The average Bonchev–Trinajstić information content (AvgIpc) is 2.48. The third-order valence-corrected chi connectivity index (χ3v) is 3.55. The van der Waals surface area contributed by atoms with Gasteiger partial charge in [0.25, 0.3) is 0 Å². The number of halogens is 2. The number of amides is 1. The van der Waals surface area contributed by atoms with Crippen molar-refractivity contribution < 1.29 is 23.0 Å². The molecule has 0 aliphatic carbocycles. The molecule has 1 amide bonds. The predicted molar refractivity (Wildman–Crippen MR) is 88.2 cm³/mol. The van der Waals surface area contributed by atoms with E-state index in [9.17, 15) is 13.6 Å². The van der Waals surface area contributed by atoms with Crippen molar-refractivity contribution in [3.8, 4) is 11.5 Å². The number of likely N-dealkylation sites (N-methyl/N-ethyl adjacent to an activating group) is 1. The van der Waals surface area contributed by atoms with Gasteiger partial charge in [-0.3, -0.25) is 4.79 Å². The molecule has 0 aromatic heterocycles. The first-order valence-corrected chi connectivity index (χ1v) is 7.96. The minimum absolute atomic E-state index is 0.0285. The van der Waals surface area contributed by atoms with Gasteiger partial charge in [0.05, 0.1) is 12.1 Å². The molecule has 0 spiro atoms. The SMILES string of the molecule is CCCC(C)(N)C(=O)N(C)Cc1ccc(OC(F)F)c(OCC)c1. The van der Waals surface area contributed by atoms with E-state index in [1.54, 1.807) is 33.0 Å². The number of nitrogens with zero attached hydrogens (tertiary/aromatic N) is 1. The van der Waals surface area contributed by atoms with E-state index in [-0.39, 0.29) is 17.4 Å². The van der Waals surface area contributed by atoms with Crippen molar-refractivity contribution in [3.05, 3.63) is 23.8 Å². The minimum atomic E-state index is -2.92. The molecule has 136 valence electrons. The molecule has 5 nitrogen and oxygen atoms in total. The molecule has 1 aromatic carbocycles. The van der Waals surface area contributed by atoms with Crippen molar-refractivity contribution in [2.45, 2.75) is 52.3 Å². The van der Waals surface area contributed by atoms with Crippen molar-refractivity contribution in [3.63, 3.8) is 0 Å². The summed E-state index contributed by atoms with van der Waals surface area (Å²) in [6.45, 7) is 3.11. The second-order valence-corrected chi connectivity index (χ2v) is 5.92. The summed E-state index contributed by atoms with van der Waals surface area (Å²) in [7, 11) is 1.66. The maximum Gasteiger partial charge on any atom is 0.387 e. The van der Waals surface area contributed by atoms with Crippen LogP contribution in [0.4, 0.5) is 8.78 Å². The van der Waals surface area contributed by atoms with Gasteiger partial charge >= 0.3 is 6.61 Å². The summed E-state index contributed by atoms with van der Waals surface area (Å²) in [5.74, 6) is 0.0228. The molecule has 0 fully saturated rings. The highest BCUT2D eigenvalue weighted by molar-refractivity contribution is 5.85. The molecule has 0 aliphatic rings. The van der Waals surface area contributed by atoms with Crippen molar-refractivity contribution in [1.82, 2.24) is 4.90 Å². The van der Waals surface area contributed by atoms with Gasteiger partial charge in [0.15, 0.2) is 11.5 Å². The summed E-state index contributed by atoms with van der Waals surface area (Å²) in [6.07, 6.45) is 1.39. The summed E-state index contributed by atoms with van der Waals surface area (Å²) >= 11 is 0. The lowest BCUT2D eigenvalue weighted by atomic mass is 9.95. The topological polar surface area (TPSA) is 64.8 Å². The highest BCUT2D eigenvalue weighted by Crippen LogP contribution is 2.30. The van der Waals surface area contributed by atoms with Crippen molar-refractivity contribution >= 4 is 5.91 Å². The largest absolute Gasteiger partial charge is 0.490 e. The van der Waals surface area contributed by atoms with Crippen LogP contribution in [0, 0.1) is 0 Å². The second kappa shape index (κ2) is 8.82. The van der Waals surface area contributed by atoms with E-state index in [0.29, 0.717) is 19.6 Å². The van der Waals surface area contributed by atoms with Crippen LogP contribution < -0.4 is 15.2 Å². The lowest BCUT2D eigenvalue weighted by Gasteiger charge is -2.29. The van der Waals surface area contributed by atoms with E-state index >= 15 is 0 Å². The quantitative estimate of drug-likeness (QED) is 0.747. The normalized spacial score (nSPS) is 13.5. The lowest BCUT2D eigenvalue weighted by molar-refractivity contribution is -0.135. The van der Waals surface area contributed by atoms with Crippen LogP contribution in [0.25, 0.3) is 0 Å². The van der Waals surface area contributed by atoms with E-state index in [1.807, 2.05) is 6.92 Å². The number of benzene rings is 1. The average molecular weight is 344 g/mol. The highest BCUT2D eigenvalue weighted by Gasteiger charge is 2.30. The smallest absolute Gasteiger partial charge is 0.387 e.